The molecule has 0 amide bonds. The van der Waals surface area contributed by atoms with Crippen molar-refractivity contribution < 1.29 is 0 Å². The van der Waals surface area contributed by atoms with Crippen molar-refractivity contribution in [2.45, 2.75) is 6.92 Å². The minimum atomic E-state index is 0.346. The summed E-state index contributed by atoms with van der Waals surface area (Å²) in [5.74, 6) is 0.988. The average Bonchev–Trinajstić information content (AvgIpc) is 2.69. The monoisotopic (exact) mass is 282 g/mol. The molecule has 2 aromatic rings. The van der Waals surface area contributed by atoms with E-state index in [-0.39, 0.29) is 0 Å². The van der Waals surface area contributed by atoms with Gasteiger partial charge in [0.1, 0.15) is 10.6 Å². The molecule has 0 aliphatic carbocycles. The molecular weight excluding hydrogens is 268 g/mol. The molecule has 0 atom stereocenters. The number of rotatable bonds is 1. The van der Waals surface area contributed by atoms with Crippen LogP contribution in [0.25, 0.3) is 10.2 Å². The Kier molecular flexibility index (Phi) is 3.13. The lowest BCUT2D eigenvalue weighted by Crippen LogP contribution is -2.44. The molecular formula is C12H15ClN4S. The summed E-state index contributed by atoms with van der Waals surface area (Å²) >= 11 is 7.70. The first-order valence-electron chi connectivity index (χ1n) is 6.00. The van der Waals surface area contributed by atoms with Crippen molar-refractivity contribution in [2.75, 3.05) is 38.1 Å². The van der Waals surface area contributed by atoms with E-state index in [2.05, 4.69) is 39.8 Å². The molecule has 3 rings (SSSR count). The van der Waals surface area contributed by atoms with Crippen LogP contribution in [-0.4, -0.2) is 48.1 Å². The summed E-state index contributed by atoms with van der Waals surface area (Å²) in [5, 5.41) is 1.48. The van der Waals surface area contributed by atoms with E-state index in [0.717, 1.165) is 42.2 Å². The van der Waals surface area contributed by atoms with Crippen LogP contribution in [0.2, 0.25) is 5.28 Å². The maximum atomic E-state index is 6.03. The summed E-state index contributed by atoms with van der Waals surface area (Å²) in [6, 6.07) is 2.16. The van der Waals surface area contributed by atoms with E-state index in [0.29, 0.717) is 5.28 Å². The SMILES string of the molecule is Cc1cc2c(N3CCN(C)CC3)nc(Cl)nc2s1. The fourth-order valence-corrected chi connectivity index (χ4v) is 3.35. The Morgan fingerprint density at radius 2 is 1.94 bits per heavy atom. The molecule has 0 unspecified atom stereocenters. The molecule has 1 aliphatic heterocycles. The third-order valence-corrected chi connectivity index (χ3v) is 4.38. The largest absolute Gasteiger partial charge is 0.353 e. The summed E-state index contributed by atoms with van der Waals surface area (Å²) in [6.45, 7) is 6.20. The Bertz CT molecular complexity index is 575. The Morgan fingerprint density at radius 1 is 1.22 bits per heavy atom. The molecule has 1 aliphatic rings. The third-order valence-electron chi connectivity index (χ3n) is 3.27. The van der Waals surface area contributed by atoms with Crippen molar-refractivity contribution in [2.24, 2.45) is 0 Å². The van der Waals surface area contributed by atoms with E-state index >= 15 is 0 Å². The van der Waals surface area contributed by atoms with Gasteiger partial charge in [-0.05, 0) is 31.6 Å². The van der Waals surface area contributed by atoms with Crippen molar-refractivity contribution >= 4 is 39.0 Å². The molecule has 0 radical (unpaired) electrons. The van der Waals surface area contributed by atoms with Gasteiger partial charge in [-0.3, -0.25) is 0 Å². The second kappa shape index (κ2) is 4.64. The molecule has 0 spiro atoms. The van der Waals surface area contributed by atoms with Crippen molar-refractivity contribution in [3.8, 4) is 0 Å². The number of fused-ring (bicyclic) bond motifs is 1. The smallest absolute Gasteiger partial charge is 0.225 e. The quantitative estimate of drug-likeness (QED) is 0.752. The van der Waals surface area contributed by atoms with Gasteiger partial charge in [0.15, 0.2) is 0 Å². The molecule has 0 saturated carbocycles. The fraction of sp³-hybridized carbons (Fsp3) is 0.500. The summed E-state index contributed by atoms with van der Waals surface area (Å²) in [6.07, 6.45) is 0. The lowest BCUT2D eigenvalue weighted by Gasteiger charge is -2.33. The molecule has 3 heterocycles. The van der Waals surface area contributed by atoms with Crippen molar-refractivity contribution in [3.05, 3.63) is 16.2 Å². The van der Waals surface area contributed by atoms with Gasteiger partial charge in [-0.2, -0.15) is 4.98 Å². The molecule has 18 heavy (non-hydrogen) atoms. The van der Waals surface area contributed by atoms with E-state index in [1.54, 1.807) is 11.3 Å². The van der Waals surface area contributed by atoms with Gasteiger partial charge in [-0.1, -0.05) is 0 Å². The first-order chi connectivity index (χ1) is 8.63. The molecule has 2 aromatic heterocycles. The van der Waals surface area contributed by atoms with Crippen molar-refractivity contribution in [3.63, 3.8) is 0 Å². The van der Waals surface area contributed by atoms with Crippen LogP contribution in [0.5, 0.6) is 0 Å². The lowest BCUT2D eigenvalue weighted by atomic mass is 10.3. The predicted octanol–water partition coefficient (Wildman–Crippen LogP) is 2.40. The number of hydrogen-bond acceptors (Lipinski definition) is 5. The van der Waals surface area contributed by atoms with Crippen LogP contribution in [0.1, 0.15) is 4.88 Å². The van der Waals surface area contributed by atoms with Gasteiger partial charge in [-0.25, -0.2) is 4.98 Å². The molecule has 6 heteroatoms. The Morgan fingerprint density at radius 3 is 2.67 bits per heavy atom. The number of piperazine rings is 1. The van der Waals surface area contributed by atoms with Crippen molar-refractivity contribution in [1.29, 1.82) is 0 Å². The number of aromatic nitrogens is 2. The number of anilines is 1. The highest BCUT2D eigenvalue weighted by atomic mass is 35.5. The Hall–Kier alpha value is -0.910. The fourth-order valence-electron chi connectivity index (χ4n) is 2.26. The molecule has 0 bridgehead atoms. The van der Waals surface area contributed by atoms with Crippen LogP contribution in [0.15, 0.2) is 6.07 Å². The van der Waals surface area contributed by atoms with Gasteiger partial charge in [0.25, 0.3) is 0 Å². The summed E-state index contributed by atoms with van der Waals surface area (Å²) in [5.41, 5.74) is 0. The standard InChI is InChI=1S/C12H15ClN4S/c1-8-7-9-10(14-12(13)15-11(9)18-8)17-5-3-16(2)4-6-17/h7H,3-6H2,1-2H3. The second-order valence-corrected chi connectivity index (χ2v) is 6.26. The normalized spacial score (nSPS) is 17.6. The average molecular weight is 283 g/mol. The van der Waals surface area contributed by atoms with Gasteiger partial charge < -0.3 is 9.80 Å². The predicted molar refractivity (Wildman–Crippen MR) is 76.9 cm³/mol. The number of hydrogen-bond donors (Lipinski definition) is 0. The number of nitrogens with zero attached hydrogens (tertiary/aromatic N) is 4. The van der Waals surface area contributed by atoms with Crippen LogP contribution in [0, 0.1) is 6.92 Å². The van der Waals surface area contributed by atoms with E-state index < -0.39 is 0 Å². The molecule has 0 N–H and O–H groups in total. The van der Waals surface area contributed by atoms with Crippen LogP contribution >= 0.6 is 22.9 Å². The van der Waals surface area contributed by atoms with Crippen molar-refractivity contribution in [1.82, 2.24) is 14.9 Å². The van der Waals surface area contributed by atoms with E-state index in [1.165, 1.54) is 4.88 Å². The van der Waals surface area contributed by atoms with Gasteiger partial charge in [0, 0.05) is 31.1 Å². The number of thiophene rings is 1. The topological polar surface area (TPSA) is 32.3 Å². The van der Waals surface area contributed by atoms with Crippen LogP contribution in [-0.2, 0) is 0 Å². The highest BCUT2D eigenvalue weighted by molar-refractivity contribution is 7.18. The summed E-state index contributed by atoms with van der Waals surface area (Å²) in [7, 11) is 2.15. The summed E-state index contributed by atoms with van der Waals surface area (Å²) < 4.78 is 0. The molecule has 96 valence electrons. The highest BCUT2D eigenvalue weighted by Crippen LogP contribution is 2.31. The maximum Gasteiger partial charge on any atom is 0.225 e. The maximum absolute atomic E-state index is 6.03. The van der Waals surface area contributed by atoms with Gasteiger partial charge in [0.05, 0.1) is 5.39 Å². The Balaban J connectivity index is 2.04. The lowest BCUT2D eigenvalue weighted by molar-refractivity contribution is 0.312. The van der Waals surface area contributed by atoms with E-state index in [1.807, 2.05) is 0 Å². The van der Waals surface area contributed by atoms with Gasteiger partial charge >= 0.3 is 0 Å². The molecule has 1 fully saturated rings. The van der Waals surface area contributed by atoms with Crippen LogP contribution in [0.4, 0.5) is 5.82 Å². The molecule has 1 saturated heterocycles. The third kappa shape index (κ3) is 2.18. The number of aryl methyl sites for hydroxylation is 1. The zero-order chi connectivity index (χ0) is 12.7. The zero-order valence-corrected chi connectivity index (χ0v) is 12.1. The van der Waals surface area contributed by atoms with Crippen LogP contribution in [0.3, 0.4) is 0 Å². The molecule has 0 aromatic carbocycles. The van der Waals surface area contributed by atoms with Gasteiger partial charge in [0.2, 0.25) is 5.28 Å². The van der Waals surface area contributed by atoms with Crippen LogP contribution < -0.4 is 4.90 Å². The first kappa shape index (κ1) is 12.1. The number of likely N-dealkylation sites (N-methyl/N-ethyl adjacent to an activating group) is 1. The van der Waals surface area contributed by atoms with E-state index in [4.69, 9.17) is 11.6 Å². The second-order valence-electron chi connectivity index (χ2n) is 4.68. The Labute approximate surface area is 115 Å². The number of halogens is 1. The highest BCUT2D eigenvalue weighted by Gasteiger charge is 2.19. The van der Waals surface area contributed by atoms with E-state index in [9.17, 15) is 0 Å². The van der Waals surface area contributed by atoms with Gasteiger partial charge in [-0.15, -0.1) is 11.3 Å². The minimum Gasteiger partial charge on any atom is -0.353 e. The zero-order valence-electron chi connectivity index (χ0n) is 10.5. The summed E-state index contributed by atoms with van der Waals surface area (Å²) in [4.78, 5) is 15.6. The first-order valence-corrected chi connectivity index (χ1v) is 7.20. The molecule has 4 nitrogen and oxygen atoms in total. The minimum absolute atomic E-state index is 0.346.